The number of fused-ring (bicyclic) bond motifs is 1. The summed E-state index contributed by atoms with van der Waals surface area (Å²) in [6.07, 6.45) is 3.13. The Morgan fingerprint density at radius 1 is 0.906 bits per heavy atom. The Morgan fingerprint density at radius 2 is 1.62 bits per heavy atom. The number of piperidine rings is 1. The summed E-state index contributed by atoms with van der Waals surface area (Å²) in [6.45, 7) is 4.54. The second kappa shape index (κ2) is 8.41. The van der Waals surface area contributed by atoms with Gasteiger partial charge in [0.2, 0.25) is 5.91 Å². The summed E-state index contributed by atoms with van der Waals surface area (Å²) in [5, 5.41) is 0. The normalized spacial score (nSPS) is 21.2. The molecule has 2 fully saturated rings. The number of carbonyl (C=O) groups is 3. The third-order valence-corrected chi connectivity index (χ3v) is 7.16. The first kappa shape index (κ1) is 20.7. The van der Waals surface area contributed by atoms with Crippen molar-refractivity contribution in [3.8, 4) is 0 Å². The van der Waals surface area contributed by atoms with Crippen molar-refractivity contribution in [3.05, 3.63) is 70.8 Å². The molecule has 0 N–H and O–H groups in total. The van der Waals surface area contributed by atoms with Crippen LogP contribution in [0, 0.1) is 6.92 Å². The van der Waals surface area contributed by atoms with Gasteiger partial charge in [-0.2, -0.15) is 0 Å². The molecule has 6 nitrogen and oxygen atoms in total. The first-order chi connectivity index (χ1) is 15.5. The fourth-order valence-electron chi connectivity index (χ4n) is 5.31. The number of carbonyl (C=O) groups excluding carboxylic acids is 3. The van der Waals surface area contributed by atoms with Crippen LogP contribution in [0.25, 0.3) is 0 Å². The molecule has 0 saturated carbocycles. The van der Waals surface area contributed by atoms with Gasteiger partial charge in [0.1, 0.15) is 6.04 Å². The van der Waals surface area contributed by atoms with Crippen molar-refractivity contribution in [3.63, 3.8) is 0 Å². The zero-order valence-electron chi connectivity index (χ0n) is 18.5. The average Bonchev–Trinajstić information content (AvgIpc) is 3.44. The van der Waals surface area contributed by atoms with E-state index in [1.807, 2.05) is 65.3 Å². The zero-order valence-corrected chi connectivity index (χ0v) is 18.5. The number of hydrogen-bond donors (Lipinski definition) is 0. The minimum atomic E-state index is -0.377. The van der Waals surface area contributed by atoms with E-state index in [0.29, 0.717) is 31.7 Å². The summed E-state index contributed by atoms with van der Waals surface area (Å²) in [7, 11) is 0. The topological polar surface area (TPSA) is 60.9 Å². The lowest BCUT2D eigenvalue weighted by molar-refractivity contribution is -0.136. The highest BCUT2D eigenvalue weighted by atomic mass is 16.2. The van der Waals surface area contributed by atoms with E-state index in [-0.39, 0.29) is 29.8 Å². The van der Waals surface area contributed by atoms with Gasteiger partial charge in [0, 0.05) is 43.3 Å². The molecule has 6 heteroatoms. The lowest BCUT2D eigenvalue weighted by Crippen LogP contribution is -2.52. The predicted molar refractivity (Wildman–Crippen MR) is 121 cm³/mol. The van der Waals surface area contributed by atoms with E-state index in [1.165, 1.54) is 0 Å². The highest BCUT2D eigenvalue weighted by Crippen LogP contribution is 2.29. The SMILES string of the molecule is Cc1ccc(C(=O)N2CCCC2C(=O)N2CCC(N3Cc4ccccc4C3=O)CC2)cc1. The predicted octanol–water partition coefficient (Wildman–Crippen LogP) is 3.25. The molecule has 2 aromatic carbocycles. The zero-order chi connectivity index (χ0) is 22.2. The molecule has 1 atom stereocenters. The fraction of sp³-hybridized carbons (Fsp3) is 0.423. The van der Waals surface area contributed by atoms with Crippen molar-refractivity contribution in [1.29, 1.82) is 0 Å². The highest BCUT2D eigenvalue weighted by Gasteiger charge is 2.40. The van der Waals surface area contributed by atoms with Crippen molar-refractivity contribution in [2.75, 3.05) is 19.6 Å². The van der Waals surface area contributed by atoms with E-state index >= 15 is 0 Å². The number of likely N-dealkylation sites (tertiary alicyclic amines) is 2. The molecule has 0 aliphatic carbocycles. The molecule has 166 valence electrons. The highest BCUT2D eigenvalue weighted by molar-refractivity contribution is 5.99. The van der Waals surface area contributed by atoms with Gasteiger partial charge in [0.15, 0.2) is 0 Å². The van der Waals surface area contributed by atoms with E-state index < -0.39 is 0 Å². The van der Waals surface area contributed by atoms with Gasteiger partial charge in [-0.05, 0) is 56.4 Å². The maximum absolute atomic E-state index is 13.3. The number of hydrogen-bond acceptors (Lipinski definition) is 3. The smallest absolute Gasteiger partial charge is 0.254 e. The molecule has 1 unspecified atom stereocenters. The largest absolute Gasteiger partial charge is 0.341 e. The number of benzene rings is 2. The Labute approximate surface area is 188 Å². The molecule has 3 aliphatic heterocycles. The Balaban J connectivity index is 1.21. The summed E-state index contributed by atoms with van der Waals surface area (Å²) < 4.78 is 0. The van der Waals surface area contributed by atoms with Crippen molar-refractivity contribution in [1.82, 2.24) is 14.7 Å². The fourth-order valence-corrected chi connectivity index (χ4v) is 5.31. The molecule has 0 spiro atoms. The summed E-state index contributed by atoms with van der Waals surface area (Å²) in [5.41, 5.74) is 3.65. The molecule has 32 heavy (non-hydrogen) atoms. The van der Waals surface area contributed by atoms with E-state index in [2.05, 4.69) is 0 Å². The minimum Gasteiger partial charge on any atom is -0.341 e. The number of aryl methyl sites for hydroxylation is 1. The van der Waals surface area contributed by atoms with Gasteiger partial charge in [-0.15, -0.1) is 0 Å². The monoisotopic (exact) mass is 431 g/mol. The van der Waals surface area contributed by atoms with Gasteiger partial charge < -0.3 is 14.7 Å². The third kappa shape index (κ3) is 3.68. The van der Waals surface area contributed by atoms with Gasteiger partial charge in [0.05, 0.1) is 0 Å². The molecule has 0 bridgehead atoms. The van der Waals surface area contributed by atoms with Crippen LogP contribution in [0.15, 0.2) is 48.5 Å². The first-order valence-corrected chi connectivity index (χ1v) is 11.6. The van der Waals surface area contributed by atoms with Crippen LogP contribution in [0.2, 0.25) is 0 Å². The summed E-state index contributed by atoms with van der Waals surface area (Å²) in [5.74, 6) is 0.102. The Hall–Kier alpha value is -3.15. The molecule has 2 aromatic rings. The quantitative estimate of drug-likeness (QED) is 0.750. The van der Waals surface area contributed by atoms with Gasteiger partial charge >= 0.3 is 0 Å². The van der Waals surface area contributed by atoms with Gasteiger partial charge in [0.25, 0.3) is 11.8 Å². The van der Waals surface area contributed by atoms with Crippen LogP contribution in [0.4, 0.5) is 0 Å². The van der Waals surface area contributed by atoms with Gasteiger partial charge in [-0.1, -0.05) is 35.9 Å². The standard InChI is InChI=1S/C26H29N3O3/c1-18-8-10-19(11-9-18)24(30)28-14-4-7-23(28)26(32)27-15-12-21(13-16-27)29-17-20-5-2-3-6-22(20)25(29)31/h2-3,5-6,8-11,21,23H,4,7,12-17H2,1H3. The van der Waals surface area contributed by atoms with Crippen LogP contribution in [-0.2, 0) is 11.3 Å². The molecule has 3 aliphatic rings. The minimum absolute atomic E-state index is 0.0532. The van der Waals surface area contributed by atoms with Crippen molar-refractivity contribution < 1.29 is 14.4 Å². The van der Waals surface area contributed by atoms with Crippen LogP contribution in [0.1, 0.15) is 57.5 Å². The van der Waals surface area contributed by atoms with E-state index in [9.17, 15) is 14.4 Å². The van der Waals surface area contributed by atoms with Crippen LogP contribution in [0.5, 0.6) is 0 Å². The second-order valence-corrected chi connectivity index (χ2v) is 9.17. The molecule has 5 rings (SSSR count). The maximum atomic E-state index is 13.3. The van der Waals surface area contributed by atoms with Crippen LogP contribution in [-0.4, -0.2) is 64.1 Å². The van der Waals surface area contributed by atoms with Crippen LogP contribution in [0.3, 0.4) is 0 Å². The molecular weight excluding hydrogens is 402 g/mol. The van der Waals surface area contributed by atoms with E-state index in [0.717, 1.165) is 42.4 Å². The Bertz CT molecular complexity index is 1040. The van der Waals surface area contributed by atoms with Crippen molar-refractivity contribution in [2.45, 2.75) is 51.2 Å². The van der Waals surface area contributed by atoms with Crippen molar-refractivity contribution >= 4 is 17.7 Å². The molecule has 3 heterocycles. The molecule has 3 amide bonds. The van der Waals surface area contributed by atoms with Crippen molar-refractivity contribution in [2.24, 2.45) is 0 Å². The molecular formula is C26H29N3O3. The Kier molecular flexibility index (Phi) is 5.45. The second-order valence-electron chi connectivity index (χ2n) is 9.17. The molecule has 2 saturated heterocycles. The van der Waals surface area contributed by atoms with Crippen LogP contribution >= 0.6 is 0 Å². The lowest BCUT2D eigenvalue weighted by Gasteiger charge is -2.38. The maximum Gasteiger partial charge on any atom is 0.254 e. The number of nitrogens with zero attached hydrogens (tertiary/aromatic N) is 3. The number of rotatable bonds is 3. The first-order valence-electron chi connectivity index (χ1n) is 11.6. The van der Waals surface area contributed by atoms with E-state index in [1.54, 1.807) is 4.90 Å². The average molecular weight is 432 g/mol. The van der Waals surface area contributed by atoms with Gasteiger partial charge in [-0.3, -0.25) is 14.4 Å². The van der Waals surface area contributed by atoms with E-state index in [4.69, 9.17) is 0 Å². The summed E-state index contributed by atoms with van der Waals surface area (Å²) >= 11 is 0. The molecule has 0 radical (unpaired) electrons. The molecule has 0 aromatic heterocycles. The van der Waals surface area contributed by atoms with Crippen LogP contribution < -0.4 is 0 Å². The summed E-state index contributed by atoms with van der Waals surface area (Å²) in [4.78, 5) is 44.8. The number of amides is 3. The van der Waals surface area contributed by atoms with Gasteiger partial charge in [-0.25, -0.2) is 0 Å². The Morgan fingerprint density at radius 3 is 2.34 bits per heavy atom. The lowest BCUT2D eigenvalue weighted by atomic mass is 10.0. The summed E-state index contributed by atoms with van der Waals surface area (Å²) in [6, 6.07) is 15.1. The third-order valence-electron chi connectivity index (χ3n) is 7.16.